The molecule has 0 amide bonds. The van der Waals surface area contributed by atoms with Crippen LogP contribution in [0.1, 0.15) is 0 Å². The van der Waals surface area contributed by atoms with Gasteiger partial charge in [-0.2, -0.15) is 9.98 Å². The monoisotopic (exact) mass is 262 g/mol. The van der Waals surface area contributed by atoms with Crippen molar-refractivity contribution >= 4 is 24.3 Å². The topological polar surface area (TPSA) is 141 Å². The third kappa shape index (κ3) is 52.7. The third-order valence-corrected chi connectivity index (χ3v) is 0.937. The highest BCUT2D eigenvalue weighted by Gasteiger charge is 1.63. The molecule has 0 heterocycles. The van der Waals surface area contributed by atoms with Crippen LogP contribution in [0.15, 0.2) is 46.4 Å². The summed E-state index contributed by atoms with van der Waals surface area (Å²) in [6.07, 6.45) is 3.91. The maximum atomic E-state index is 9.20. The van der Waals surface area contributed by atoms with Crippen LogP contribution in [0.3, 0.4) is 0 Å². The molecule has 0 fully saturated rings. The van der Waals surface area contributed by atoms with Crippen LogP contribution in [0.4, 0.5) is 0 Å². The van der Waals surface area contributed by atoms with Gasteiger partial charge in [-0.1, -0.05) is 36.4 Å². The fourth-order valence-corrected chi connectivity index (χ4v) is 0.478. The van der Waals surface area contributed by atoms with Crippen molar-refractivity contribution in [3.05, 3.63) is 36.4 Å². The Balaban J connectivity index is -0.000000194. The first-order valence-corrected chi connectivity index (χ1v) is 4.40. The van der Waals surface area contributed by atoms with Gasteiger partial charge in [0.15, 0.2) is 6.67 Å². The molecule has 98 valence electrons. The van der Waals surface area contributed by atoms with Crippen LogP contribution in [-0.2, 0) is 19.2 Å². The van der Waals surface area contributed by atoms with Gasteiger partial charge in [0.1, 0.15) is 0 Å². The Morgan fingerprint density at radius 2 is 0.895 bits per heavy atom. The molecule has 0 aliphatic heterocycles. The van der Waals surface area contributed by atoms with Crippen molar-refractivity contribution in [1.82, 2.24) is 0 Å². The van der Waals surface area contributed by atoms with Gasteiger partial charge < -0.3 is 0 Å². The van der Waals surface area contributed by atoms with Gasteiger partial charge in [-0.25, -0.2) is 30.0 Å². The van der Waals surface area contributed by atoms with Crippen LogP contribution in [0, 0.1) is 10.8 Å². The molecular formula is C11H10N4O4. The fraction of sp³-hybridized carbons (Fsp3) is 0.0909. The highest BCUT2D eigenvalue weighted by atomic mass is 16.1. The zero-order chi connectivity index (χ0) is 15.2. The second-order valence-electron chi connectivity index (χ2n) is 2.00. The predicted octanol–water partition coefficient (Wildman–Crippen LogP) is 1.10. The molecule has 0 aliphatic rings. The van der Waals surface area contributed by atoms with E-state index in [-0.39, 0.29) is 6.67 Å². The highest BCUT2D eigenvalue weighted by Crippen LogP contribution is 1.79. The Bertz CT molecular complexity index is 396. The van der Waals surface area contributed by atoms with Gasteiger partial charge >= 0.3 is 0 Å². The van der Waals surface area contributed by atoms with Crippen LogP contribution in [0.25, 0.3) is 0 Å². The van der Waals surface area contributed by atoms with Crippen LogP contribution >= 0.6 is 0 Å². The first kappa shape index (κ1) is 21.1. The van der Waals surface area contributed by atoms with E-state index in [0.717, 1.165) is 12.2 Å². The van der Waals surface area contributed by atoms with E-state index in [9.17, 15) is 9.59 Å². The zero-order valence-corrected chi connectivity index (χ0v) is 9.70. The van der Waals surface area contributed by atoms with Crippen molar-refractivity contribution < 1.29 is 19.2 Å². The number of hydrogen-bond donors (Lipinski definition) is 2. The summed E-state index contributed by atoms with van der Waals surface area (Å²) in [5.41, 5.74) is 0. The molecule has 1 aromatic carbocycles. The number of benzene rings is 1. The number of hydrogen-bond acceptors (Lipinski definition) is 8. The normalized spacial score (nSPS) is 5.47. The van der Waals surface area contributed by atoms with Crippen LogP contribution in [0.2, 0.25) is 0 Å². The number of carbonyl (C=O) groups excluding carboxylic acids is 4. The molecule has 1 rings (SSSR count). The molecule has 0 aliphatic carbocycles. The van der Waals surface area contributed by atoms with Gasteiger partial charge in [0, 0.05) is 0 Å². The van der Waals surface area contributed by atoms with Gasteiger partial charge in [0.25, 0.3) is 0 Å². The molecular weight excluding hydrogens is 252 g/mol. The van der Waals surface area contributed by atoms with Crippen molar-refractivity contribution in [3.8, 4) is 0 Å². The minimum atomic E-state index is -0.160. The molecule has 0 saturated carbocycles. The quantitative estimate of drug-likeness (QED) is 0.608. The summed E-state index contributed by atoms with van der Waals surface area (Å²) in [4.78, 5) is 40.9. The van der Waals surface area contributed by atoms with E-state index in [4.69, 9.17) is 20.4 Å². The summed E-state index contributed by atoms with van der Waals surface area (Å²) in [5.74, 6) is 0. The van der Waals surface area contributed by atoms with Gasteiger partial charge in [-0.3, -0.25) is 0 Å². The lowest BCUT2D eigenvalue weighted by Gasteiger charge is -1.69. The summed E-state index contributed by atoms with van der Waals surface area (Å²) < 4.78 is 0. The van der Waals surface area contributed by atoms with Gasteiger partial charge in [0.2, 0.25) is 24.3 Å². The lowest BCUT2D eigenvalue weighted by atomic mass is 10.4. The van der Waals surface area contributed by atoms with Crippen molar-refractivity contribution in [2.75, 3.05) is 6.67 Å². The lowest BCUT2D eigenvalue weighted by Crippen LogP contribution is -1.66. The molecule has 0 spiro atoms. The molecule has 1 aromatic rings. The van der Waals surface area contributed by atoms with Crippen LogP contribution in [0.5, 0.6) is 0 Å². The van der Waals surface area contributed by atoms with Crippen molar-refractivity contribution in [2.24, 2.45) is 9.98 Å². The molecule has 0 atom stereocenters. The third-order valence-electron chi connectivity index (χ3n) is 0.937. The molecule has 19 heavy (non-hydrogen) atoms. The molecule has 0 aromatic heterocycles. The SMILES string of the molecule is N=C=O.N=C=O.O=C=NCN=C=O.c1ccccc1. The maximum absolute atomic E-state index is 9.20. The molecule has 8 heteroatoms. The van der Waals surface area contributed by atoms with E-state index in [1.165, 1.54) is 12.2 Å². The average Bonchev–Trinajstić information content (AvgIpc) is 2.44. The fourth-order valence-electron chi connectivity index (χ4n) is 0.478. The summed E-state index contributed by atoms with van der Waals surface area (Å²) in [5, 5.41) is 10.8. The Labute approximate surface area is 108 Å². The van der Waals surface area contributed by atoms with E-state index in [2.05, 4.69) is 9.98 Å². The molecule has 8 nitrogen and oxygen atoms in total. The lowest BCUT2D eigenvalue weighted by molar-refractivity contribution is 0.559. The molecule has 0 bridgehead atoms. The van der Waals surface area contributed by atoms with Crippen molar-refractivity contribution in [3.63, 3.8) is 0 Å². The van der Waals surface area contributed by atoms with Crippen molar-refractivity contribution in [1.29, 1.82) is 10.8 Å². The Hall–Kier alpha value is -3.26. The van der Waals surface area contributed by atoms with E-state index < -0.39 is 0 Å². The Morgan fingerprint density at radius 3 is 1.05 bits per heavy atom. The Kier molecular flexibility index (Phi) is 32.5. The number of rotatable bonds is 2. The smallest absolute Gasteiger partial charge is 0.222 e. The number of nitrogens with one attached hydrogen (secondary N) is 2. The molecule has 0 radical (unpaired) electrons. The van der Waals surface area contributed by atoms with Gasteiger partial charge in [-0.05, 0) is 0 Å². The largest absolute Gasteiger partial charge is 0.236 e. The minimum absolute atomic E-state index is 0.160. The molecule has 2 N–H and O–H groups in total. The first-order valence-electron chi connectivity index (χ1n) is 4.40. The van der Waals surface area contributed by atoms with Crippen molar-refractivity contribution in [2.45, 2.75) is 0 Å². The molecule has 0 saturated heterocycles. The van der Waals surface area contributed by atoms with Gasteiger partial charge in [0.05, 0.1) is 0 Å². The second-order valence-corrected chi connectivity index (χ2v) is 2.00. The number of isocyanates is 4. The predicted molar refractivity (Wildman–Crippen MR) is 64.4 cm³/mol. The summed E-state index contributed by atoms with van der Waals surface area (Å²) >= 11 is 0. The Morgan fingerprint density at radius 1 is 0.684 bits per heavy atom. The van der Waals surface area contributed by atoms with E-state index >= 15 is 0 Å². The maximum Gasteiger partial charge on any atom is 0.236 e. The second kappa shape index (κ2) is 29.3. The summed E-state index contributed by atoms with van der Waals surface area (Å²) in [7, 11) is 0. The van der Waals surface area contributed by atoms with Gasteiger partial charge in [-0.15, -0.1) is 0 Å². The summed E-state index contributed by atoms with van der Waals surface area (Å²) in [6, 6.07) is 12.0. The van der Waals surface area contributed by atoms with Crippen LogP contribution in [-0.4, -0.2) is 31.0 Å². The highest BCUT2D eigenvalue weighted by molar-refractivity contribution is 5.35. The standard InChI is InChI=1S/C6H6.C3H2N2O2.2CHNO/c1-2-4-6-5-3-1;6-2-4-1-5-3-7;2*2-1-3/h1-6H;1H2;2*2H. The summed E-state index contributed by atoms with van der Waals surface area (Å²) in [6.45, 7) is -0.160. The average molecular weight is 262 g/mol. The molecule has 0 unspecified atom stereocenters. The number of aliphatic imine (C=N–C) groups is 2. The first-order chi connectivity index (χ1) is 9.24. The van der Waals surface area contributed by atoms with Crippen LogP contribution < -0.4 is 0 Å². The van der Waals surface area contributed by atoms with E-state index in [1.807, 2.05) is 36.4 Å². The van der Waals surface area contributed by atoms with E-state index in [0.29, 0.717) is 0 Å². The van der Waals surface area contributed by atoms with E-state index in [1.54, 1.807) is 0 Å². The number of nitrogens with zero attached hydrogens (tertiary/aromatic N) is 2. The zero-order valence-electron chi connectivity index (χ0n) is 9.70. The minimum Gasteiger partial charge on any atom is -0.222 e.